The first-order valence-electron chi connectivity index (χ1n) is 10.8. The largest absolute Gasteiger partial charge is 0.322 e. The molecular weight excluding hydrogens is 436 g/mol. The summed E-state index contributed by atoms with van der Waals surface area (Å²) in [7, 11) is -3.10. The normalized spacial score (nSPS) is 17.3. The Morgan fingerprint density at radius 3 is 2.55 bits per heavy atom. The van der Waals surface area contributed by atoms with Gasteiger partial charge in [0.25, 0.3) is 5.91 Å². The van der Waals surface area contributed by atoms with Crippen LogP contribution in [0.25, 0.3) is 22.3 Å². The third-order valence-corrected chi connectivity index (χ3v) is 7.73. The molecule has 1 aliphatic heterocycles. The standard InChI is InChI=1S/C25H24N4O3S/c1-16-7-6-10-19(13-16)26-25(30)21-14-22(18-8-4-3-5-9-18)27-24-23(21)17(2)28-29(24)20-11-12-33(31,32)15-20/h3-10,13-14,20H,11-12,15H2,1-2H3,(H,26,30). The molecule has 1 aliphatic rings. The van der Waals surface area contributed by atoms with Crippen molar-refractivity contribution < 1.29 is 13.2 Å². The van der Waals surface area contributed by atoms with Crippen molar-refractivity contribution in [3.63, 3.8) is 0 Å². The molecule has 1 saturated heterocycles. The molecule has 0 saturated carbocycles. The van der Waals surface area contributed by atoms with E-state index in [1.807, 2.05) is 68.4 Å². The van der Waals surface area contributed by atoms with Crippen molar-refractivity contribution in [1.29, 1.82) is 0 Å². The number of benzene rings is 2. The highest BCUT2D eigenvalue weighted by molar-refractivity contribution is 7.91. The van der Waals surface area contributed by atoms with E-state index < -0.39 is 9.84 Å². The molecule has 2 aromatic heterocycles. The summed E-state index contributed by atoms with van der Waals surface area (Å²) in [5, 5.41) is 8.28. The summed E-state index contributed by atoms with van der Waals surface area (Å²) in [4.78, 5) is 18.3. The molecule has 1 amide bonds. The summed E-state index contributed by atoms with van der Waals surface area (Å²) >= 11 is 0. The van der Waals surface area contributed by atoms with Gasteiger partial charge in [-0.15, -0.1) is 0 Å². The van der Waals surface area contributed by atoms with Gasteiger partial charge in [0.1, 0.15) is 0 Å². The number of nitrogens with zero attached hydrogens (tertiary/aromatic N) is 3. The molecule has 1 unspecified atom stereocenters. The zero-order chi connectivity index (χ0) is 23.2. The van der Waals surface area contributed by atoms with E-state index in [0.717, 1.165) is 11.1 Å². The van der Waals surface area contributed by atoms with Crippen molar-refractivity contribution in [3.05, 3.63) is 77.5 Å². The molecule has 8 heteroatoms. The molecule has 1 atom stereocenters. The Hall–Kier alpha value is -3.52. The Balaban J connectivity index is 1.68. The third kappa shape index (κ3) is 4.14. The molecule has 0 spiro atoms. The molecule has 168 valence electrons. The Kier molecular flexibility index (Phi) is 5.25. The maximum atomic E-state index is 13.4. The second-order valence-corrected chi connectivity index (χ2v) is 10.8. The number of sulfone groups is 1. The maximum absolute atomic E-state index is 13.4. The number of amides is 1. The van der Waals surface area contributed by atoms with Crippen LogP contribution in [0.3, 0.4) is 0 Å². The fourth-order valence-corrected chi connectivity index (χ4v) is 6.08. The number of hydrogen-bond donors (Lipinski definition) is 1. The minimum absolute atomic E-state index is 0.0330. The van der Waals surface area contributed by atoms with Crippen molar-refractivity contribution in [2.45, 2.75) is 26.3 Å². The second-order valence-electron chi connectivity index (χ2n) is 8.53. The summed E-state index contributed by atoms with van der Waals surface area (Å²) < 4.78 is 26.0. The first-order valence-corrected chi connectivity index (χ1v) is 12.7. The molecular formula is C25H24N4O3S. The number of carbonyl (C=O) groups excluding carboxylic acids is 1. The molecule has 0 aliphatic carbocycles. The van der Waals surface area contributed by atoms with Crippen molar-refractivity contribution in [1.82, 2.24) is 14.8 Å². The fraction of sp³-hybridized carbons (Fsp3) is 0.240. The van der Waals surface area contributed by atoms with Crippen LogP contribution < -0.4 is 5.32 Å². The molecule has 2 aromatic carbocycles. The molecule has 5 rings (SSSR count). The number of hydrogen-bond acceptors (Lipinski definition) is 5. The predicted octanol–water partition coefficient (Wildman–Crippen LogP) is 4.33. The van der Waals surface area contributed by atoms with E-state index in [4.69, 9.17) is 4.98 Å². The first-order chi connectivity index (χ1) is 15.8. The SMILES string of the molecule is Cc1cccc(NC(=O)c2cc(-c3ccccc3)nc3c2c(C)nn3C2CCS(=O)(=O)C2)c1. The summed E-state index contributed by atoms with van der Waals surface area (Å²) in [6, 6.07) is 18.7. The van der Waals surface area contributed by atoms with Gasteiger partial charge in [-0.05, 0) is 44.0 Å². The van der Waals surface area contributed by atoms with Gasteiger partial charge in [0.15, 0.2) is 15.5 Å². The highest BCUT2D eigenvalue weighted by Crippen LogP contribution is 2.32. The number of anilines is 1. The van der Waals surface area contributed by atoms with Crippen LogP contribution in [0.4, 0.5) is 5.69 Å². The average Bonchev–Trinajstić information content (AvgIpc) is 3.32. The van der Waals surface area contributed by atoms with E-state index in [1.54, 1.807) is 10.7 Å². The summed E-state index contributed by atoms with van der Waals surface area (Å²) in [5.74, 6) is -0.0884. The summed E-state index contributed by atoms with van der Waals surface area (Å²) in [5.41, 5.74) is 4.90. The number of nitrogens with one attached hydrogen (secondary N) is 1. The number of aromatic nitrogens is 3. The van der Waals surface area contributed by atoms with Gasteiger partial charge in [0.05, 0.1) is 39.9 Å². The number of fused-ring (bicyclic) bond motifs is 1. The van der Waals surface area contributed by atoms with Crippen LogP contribution in [0, 0.1) is 13.8 Å². The minimum atomic E-state index is -3.10. The van der Waals surface area contributed by atoms with Crippen LogP contribution in [0.15, 0.2) is 60.7 Å². The maximum Gasteiger partial charge on any atom is 0.256 e. The Morgan fingerprint density at radius 2 is 1.85 bits per heavy atom. The van der Waals surface area contributed by atoms with Crippen molar-refractivity contribution in [2.75, 3.05) is 16.8 Å². The summed E-state index contributed by atoms with van der Waals surface area (Å²) in [6.45, 7) is 3.80. The number of carbonyl (C=O) groups is 1. The van der Waals surface area contributed by atoms with E-state index in [0.29, 0.717) is 40.1 Å². The van der Waals surface area contributed by atoms with Crippen LogP contribution in [0.1, 0.15) is 34.1 Å². The predicted molar refractivity (Wildman–Crippen MR) is 129 cm³/mol. The van der Waals surface area contributed by atoms with E-state index in [9.17, 15) is 13.2 Å². The highest BCUT2D eigenvalue weighted by atomic mass is 32.2. The average molecular weight is 461 g/mol. The van der Waals surface area contributed by atoms with E-state index in [-0.39, 0.29) is 23.5 Å². The van der Waals surface area contributed by atoms with Gasteiger partial charge in [-0.25, -0.2) is 18.1 Å². The molecule has 7 nitrogen and oxygen atoms in total. The number of rotatable bonds is 4. The lowest BCUT2D eigenvalue weighted by molar-refractivity contribution is 0.102. The van der Waals surface area contributed by atoms with Gasteiger partial charge in [-0.2, -0.15) is 5.10 Å². The van der Waals surface area contributed by atoms with E-state index in [2.05, 4.69) is 10.4 Å². The Morgan fingerprint density at radius 1 is 1.06 bits per heavy atom. The fourth-order valence-electron chi connectivity index (χ4n) is 4.39. The topological polar surface area (TPSA) is 93.9 Å². The van der Waals surface area contributed by atoms with Crippen LogP contribution in [-0.4, -0.2) is 40.6 Å². The van der Waals surface area contributed by atoms with Gasteiger partial charge in [-0.1, -0.05) is 42.5 Å². The molecule has 33 heavy (non-hydrogen) atoms. The lowest BCUT2D eigenvalue weighted by Crippen LogP contribution is -2.15. The van der Waals surface area contributed by atoms with Crippen LogP contribution in [-0.2, 0) is 9.84 Å². The van der Waals surface area contributed by atoms with Gasteiger partial charge < -0.3 is 5.32 Å². The van der Waals surface area contributed by atoms with Gasteiger partial charge in [0.2, 0.25) is 0 Å². The van der Waals surface area contributed by atoms with E-state index in [1.165, 1.54) is 0 Å². The quantitative estimate of drug-likeness (QED) is 0.489. The van der Waals surface area contributed by atoms with Crippen LogP contribution in [0.5, 0.6) is 0 Å². The lowest BCUT2D eigenvalue weighted by atomic mass is 10.0. The Labute approximate surface area is 192 Å². The lowest BCUT2D eigenvalue weighted by Gasteiger charge is -2.12. The number of aryl methyl sites for hydroxylation is 2. The molecule has 1 fully saturated rings. The summed E-state index contributed by atoms with van der Waals surface area (Å²) in [6.07, 6.45) is 0.487. The first kappa shape index (κ1) is 21.3. The van der Waals surface area contributed by atoms with Crippen molar-refractivity contribution >= 4 is 32.5 Å². The zero-order valence-electron chi connectivity index (χ0n) is 18.4. The number of pyridine rings is 1. The molecule has 4 aromatic rings. The Bertz CT molecular complexity index is 1480. The van der Waals surface area contributed by atoms with Crippen molar-refractivity contribution in [3.8, 4) is 11.3 Å². The highest BCUT2D eigenvalue weighted by Gasteiger charge is 2.32. The molecule has 1 N–H and O–H groups in total. The van der Waals surface area contributed by atoms with Gasteiger partial charge in [0, 0.05) is 11.3 Å². The van der Waals surface area contributed by atoms with Crippen LogP contribution in [0.2, 0.25) is 0 Å². The zero-order valence-corrected chi connectivity index (χ0v) is 19.3. The van der Waals surface area contributed by atoms with Crippen molar-refractivity contribution in [2.24, 2.45) is 0 Å². The van der Waals surface area contributed by atoms with E-state index >= 15 is 0 Å². The van der Waals surface area contributed by atoms with Gasteiger partial charge in [-0.3, -0.25) is 4.79 Å². The molecule has 3 heterocycles. The third-order valence-electron chi connectivity index (χ3n) is 5.98. The van der Waals surface area contributed by atoms with Crippen LogP contribution >= 0.6 is 0 Å². The molecule has 0 radical (unpaired) electrons. The second kappa shape index (κ2) is 8.12. The molecule has 0 bridgehead atoms. The monoisotopic (exact) mass is 460 g/mol. The smallest absolute Gasteiger partial charge is 0.256 e. The minimum Gasteiger partial charge on any atom is -0.322 e. The van der Waals surface area contributed by atoms with Gasteiger partial charge >= 0.3 is 0 Å².